The molecule has 4 heteroatoms. The van der Waals surface area contributed by atoms with E-state index in [1.54, 1.807) is 11.3 Å². The number of thiophene rings is 1. The van der Waals surface area contributed by atoms with Gasteiger partial charge in [0.05, 0.1) is 10.4 Å². The average Bonchev–Trinajstić information content (AvgIpc) is 2.60. The van der Waals surface area contributed by atoms with Crippen molar-refractivity contribution in [2.75, 3.05) is 5.73 Å². The molecule has 2 rings (SSSR count). The lowest BCUT2D eigenvalue weighted by Gasteiger charge is -2.01. The van der Waals surface area contributed by atoms with Crippen LogP contribution in [-0.4, -0.2) is 6.29 Å². The summed E-state index contributed by atoms with van der Waals surface area (Å²) in [5.41, 5.74) is 7.00. The first-order valence-corrected chi connectivity index (χ1v) is 5.60. The van der Waals surface area contributed by atoms with Crippen molar-refractivity contribution < 1.29 is 4.79 Å². The van der Waals surface area contributed by atoms with Crippen molar-refractivity contribution >= 4 is 56.0 Å². The van der Waals surface area contributed by atoms with Gasteiger partial charge < -0.3 is 5.73 Å². The van der Waals surface area contributed by atoms with E-state index >= 15 is 0 Å². The Morgan fingerprint density at radius 2 is 2.31 bits per heavy atom. The number of benzene rings is 1. The molecule has 2 N–H and O–H groups in total. The predicted molar refractivity (Wildman–Crippen MR) is 64.3 cm³/mol. The van der Waals surface area contributed by atoms with Crippen LogP contribution in [0.15, 0.2) is 17.5 Å². The molecule has 1 heterocycles. The van der Waals surface area contributed by atoms with E-state index in [1.807, 2.05) is 17.5 Å². The summed E-state index contributed by atoms with van der Waals surface area (Å²) in [6, 6.07) is 3.84. The van der Waals surface area contributed by atoms with Crippen molar-refractivity contribution in [3.63, 3.8) is 0 Å². The number of fused-ring (bicyclic) bond motifs is 1. The zero-order valence-electron chi connectivity index (χ0n) is 6.58. The van der Waals surface area contributed by atoms with E-state index in [0.29, 0.717) is 11.3 Å². The summed E-state index contributed by atoms with van der Waals surface area (Å²) in [4.78, 5) is 10.7. The molecule has 0 aliphatic carbocycles. The lowest BCUT2D eigenvalue weighted by atomic mass is 10.1. The number of carbonyl (C=O) groups is 1. The van der Waals surface area contributed by atoms with Gasteiger partial charge in [-0.3, -0.25) is 4.79 Å². The molecule has 0 spiro atoms. The van der Waals surface area contributed by atoms with Gasteiger partial charge in [0.1, 0.15) is 0 Å². The Morgan fingerprint density at radius 3 is 3.00 bits per heavy atom. The molecule has 0 aliphatic heterocycles. The Bertz CT molecular complexity index is 478. The molecular formula is C9H6INOS. The number of hydrogen-bond acceptors (Lipinski definition) is 3. The number of aldehydes is 1. The largest absolute Gasteiger partial charge is 0.397 e. The number of nitrogens with two attached hydrogens (primary N) is 1. The van der Waals surface area contributed by atoms with E-state index in [9.17, 15) is 4.79 Å². The summed E-state index contributed by atoms with van der Waals surface area (Å²) < 4.78 is 2.08. The maximum Gasteiger partial charge on any atom is 0.152 e. The first kappa shape index (κ1) is 8.96. The van der Waals surface area contributed by atoms with Crippen molar-refractivity contribution in [2.24, 2.45) is 0 Å². The average molecular weight is 303 g/mol. The molecule has 0 radical (unpaired) electrons. The van der Waals surface area contributed by atoms with Gasteiger partial charge in [0.25, 0.3) is 0 Å². The number of nitrogen functional groups attached to an aromatic ring is 1. The van der Waals surface area contributed by atoms with Crippen LogP contribution < -0.4 is 5.73 Å². The smallest absolute Gasteiger partial charge is 0.152 e. The van der Waals surface area contributed by atoms with Crippen LogP contribution in [0.25, 0.3) is 10.1 Å². The predicted octanol–water partition coefficient (Wildman–Crippen LogP) is 2.90. The van der Waals surface area contributed by atoms with Crippen LogP contribution in [0.4, 0.5) is 5.69 Å². The second kappa shape index (κ2) is 3.26. The lowest BCUT2D eigenvalue weighted by molar-refractivity contribution is 0.112. The van der Waals surface area contributed by atoms with E-state index in [-0.39, 0.29) is 0 Å². The van der Waals surface area contributed by atoms with Gasteiger partial charge in [-0.25, -0.2) is 0 Å². The zero-order chi connectivity index (χ0) is 9.42. The maximum atomic E-state index is 10.7. The zero-order valence-corrected chi connectivity index (χ0v) is 9.56. The Labute approximate surface area is 92.9 Å². The summed E-state index contributed by atoms with van der Waals surface area (Å²) >= 11 is 3.78. The maximum absolute atomic E-state index is 10.7. The van der Waals surface area contributed by atoms with Crippen LogP contribution in [0.1, 0.15) is 10.4 Å². The molecule has 1 aromatic carbocycles. The van der Waals surface area contributed by atoms with Crippen LogP contribution in [-0.2, 0) is 0 Å². The van der Waals surface area contributed by atoms with Gasteiger partial charge in [-0.15, -0.1) is 11.3 Å². The molecule has 2 nitrogen and oxygen atoms in total. The fraction of sp³-hybridized carbons (Fsp3) is 0. The Hall–Kier alpha value is -0.620. The van der Waals surface area contributed by atoms with Crippen LogP contribution in [0.5, 0.6) is 0 Å². The second-order valence-electron chi connectivity index (χ2n) is 2.64. The Kier molecular flexibility index (Phi) is 2.25. The molecule has 0 saturated carbocycles. The first-order chi connectivity index (χ1) is 6.24. The van der Waals surface area contributed by atoms with E-state index < -0.39 is 0 Å². The van der Waals surface area contributed by atoms with Crippen molar-refractivity contribution in [1.29, 1.82) is 0 Å². The van der Waals surface area contributed by atoms with Gasteiger partial charge in [0, 0.05) is 14.5 Å². The number of hydrogen-bond donors (Lipinski definition) is 1. The molecule has 0 bridgehead atoms. The monoisotopic (exact) mass is 303 g/mol. The summed E-state index contributed by atoms with van der Waals surface area (Å²) in [5.74, 6) is 0. The number of carbonyl (C=O) groups excluding carboxylic acids is 1. The summed E-state index contributed by atoms with van der Waals surface area (Å²) in [7, 11) is 0. The summed E-state index contributed by atoms with van der Waals surface area (Å²) in [6.07, 6.45) is 0.802. The molecule has 66 valence electrons. The molecule has 0 saturated heterocycles. The molecule has 2 aromatic rings. The van der Waals surface area contributed by atoms with Gasteiger partial charge >= 0.3 is 0 Å². The molecule has 1 aromatic heterocycles. The van der Waals surface area contributed by atoms with E-state index in [0.717, 1.165) is 19.9 Å². The van der Waals surface area contributed by atoms with Crippen LogP contribution in [0.2, 0.25) is 0 Å². The third-order valence-corrected chi connectivity index (χ3v) is 3.73. The highest BCUT2D eigenvalue weighted by atomic mass is 127. The van der Waals surface area contributed by atoms with E-state index in [4.69, 9.17) is 5.73 Å². The van der Waals surface area contributed by atoms with Crippen molar-refractivity contribution in [1.82, 2.24) is 0 Å². The molecule has 13 heavy (non-hydrogen) atoms. The number of rotatable bonds is 1. The van der Waals surface area contributed by atoms with Gasteiger partial charge in [-0.2, -0.15) is 0 Å². The number of anilines is 1. The van der Waals surface area contributed by atoms with Crippen LogP contribution in [0.3, 0.4) is 0 Å². The minimum Gasteiger partial charge on any atom is -0.397 e. The minimum atomic E-state index is 0.583. The Morgan fingerprint density at radius 1 is 1.54 bits per heavy atom. The molecule has 0 unspecified atom stereocenters. The fourth-order valence-corrected chi connectivity index (χ4v) is 3.08. The van der Waals surface area contributed by atoms with Gasteiger partial charge in [-0.1, -0.05) is 0 Å². The highest BCUT2D eigenvalue weighted by Gasteiger charge is 2.08. The molecular weight excluding hydrogens is 297 g/mol. The SMILES string of the molecule is Nc1c(C=O)cc(I)c2ccsc12. The third-order valence-electron chi connectivity index (χ3n) is 1.89. The minimum absolute atomic E-state index is 0.583. The fourth-order valence-electron chi connectivity index (χ4n) is 1.23. The normalized spacial score (nSPS) is 10.5. The topological polar surface area (TPSA) is 43.1 Å². The highest BCUT2D eigenvalue weighted by Crippen LogP contribution is 2.32. The van der Waals surface area contributed by atoms with Crippen LogP contribution >= 0.6 is 33.9 Å². The summed E-state index contributed by atoms with van der Waals surface area (Å²) in [6.45, 7) is 0. The third kappa shape index (κ3) is 1.34. The molecule has 0 atom stereocenters. The second-order valence-corrected chi connectivity index (χ2v) is 4.72. The van der Waals surface area contributed by atoms with E-state index in [1.165, 1.54) is 0 Å². The van der Waals surface area contributed by atoms with Gasteiger partial charge in [0.15, 0.2) is 6.29 Å². The van der Waals surface area contributed by atoms with Crippen molar-refractivity contribution in [2.45, 2.75) is 0 Å². The van der Waals surface area contributed by atoms with E-state index in [2.05, 4.69) is 22.6 Å². The molecule has 0 aliphatic rings. The number of halogens is 1. The highest BCUT2D eigenvalue weighted by molar-refractivity contribution is 14.1. The molecule has 0 fully saturated rings. The van der Waals surface area contributed by atoms with Crippen molar-refractivity contribution in [3.05, 3.63) is 26.6 Å². The lowest BCUT2D eigenvalue weighted by Crippen LogP contribution is -1.93. The first-order valence-electron chi connectivity index (χ1n) is 3.64. The van der Waals surface area contributed by atoms with Gasteiger partial charge in [0.2, 0.25) is 0 Å². The summed E-state index contributed by atoms with van der Waals surface area (Å²) in [5, 5.41) is 3.12. The Balaban J connectivity index is 2.93. The standard InChI is InChI=1S/C9H6INOS/c10-7-3-5(4-12)8(11)9-6(7)1-2-13-9/h1-4H,11H2. The van der Waals surface area contributed by atoms with Crippen molar-refractivity contribution in [3.8, 4) is 0 Å². The van der Waals surface area contributed by atoms with Gasteiger partial charge in [-0.05, 0) is 40.1 Å². The molecule has 0 amide bonds. The van der Waals surface area contributed by atoms with Crippen LogP contribution in [0, 0.1) is 3.57 Å². The quantitative estimate of drug-likeness (QED) is 0.500.